The number of nitrogens with zero attached hydrogens (tertiary/aromatic N) is 1. The number of terminal acetylenes is 1. The molecule has 58 valence electrons. The Labute approximate surface area is 63.4 Å². The fraction of sp³-hybridized carbons (Fsp3) is 0.750. The van der Waals surface area contributed by atoms with E-state index >= 15 is 0 Å². The number of nitrogens with two attached hydrogens (primary N) is 1. The van der Waals surface area contributed by atoms with Gasteiger partial charge in [-0.05, 0) is 27.9 Å². The fourth-order valence-electron chi connectivity index (χ4n) is 0.482. The summed E-state index contributed by atoms with van der Waals surface area (Å²) in [5, 5.41) is 0. The molecule has 10 heavy (non-hydrogen) atoms. The van der Waals surface area contributed by atoms with Gasteiger partial charge >= 0.3 is 0 Å². The average molecular weight is 140 g/mol. The highest BCUT2D eigenvalue weighted by Gasteiger charge is 2.26. The minimum atomic E-state index is -0.206. The van der Waals surface area contributed by atoms with Crippen LogP contribution in [0.5, 0.6) is 0 Å². The average Bonchev–Trinajstić information content (AvgIpc) is 1.86. The molecule has 0 spiro atoms. The highest BCUT2D eigenvalue weighted by Crippen LogP contribution is 2.12. The van der Waals surface area contributed by atoms with Gasteiger partial charge < -0.3 is 10.6 Å². The zero-order valence-corrected chi connectivity index (χ0v) is 7.18. The van der Waals surface area contributed by atoms with Crippen LogP contribution in [0.3, 0.4) is 0 Å². The highest BCUT2D eigenvalue weighted by atomic mass is 15.2. The summed E-state index contributed by atoms with van der Waals surface area (Å²) in [6.07, 6.45) is 5.19. The molecule has 0 aromatic carbocycles. The zero-order chi connectivity index (χ0) is 8.36. The maximum Gasteiger partial charge on any atom is 0.0842 e. The molecule has 0 aromatic rings. The predicted molar refractivity (Wildman–Crippen MR) is 44.6 cm³/mol. The molecule has 0 aromatic heterocycles. The molecule has 0 heterocycles. The van der Waals surface area contributed by atoms with Crippen molar-refractivity contribution in [1.82, 2.24) is 4.90 Å². The van der Waals surface area contributed by atoms with E-state index in [0.717, 1.165) is 0 Å². The monoisotopic (exact) mass is 140 g/mol. The van der Waals surface area contributed by atoms with E-state index in [4.69, 9.17) is 12.2 Å². The summed E-state index contributed by atoms with van der Waals surface area (Å²) in [6, 6.07) is -0.206. The number of likely N-dealkylation sites (N-methyl/N-ethyl adjacent to an activating group) is 1. The lowest BCUT2D eigenvalue weighted by Crippen LogP contribution is -2.52. The molecule has 1 unspecified atom stereocenters. The van der Waals surface area contributed by atoms with Crippen molar-refractivity contribution in [2.24, 2.45) is 5.73 Å². The van der Waals surface area contributed by atoms with E-state index in [1.807, 2.05) is 32.8 Å². The van der Waals surface area contributed by atoms with Gasteiger partial charge in [-0.15, -0.1) is 6.42 Å². The summed E-state index contributed by atoms with van der Waals surface area (Å²) < 4.78 is 0. The van der Waals surface area contributed by atoms with Gasteiger partial charge in [0.15, 0.2) is 0 Å². The molecule has 2 N–H and O–H groups in total. The van der Waals surface area contributed by atoms with Crippen molar-refractivity contribution in [1.29, 1.82) is 0 Å². The first-order valence-electron chi connectivity index (χ1n) is 3.32. The Kier molecular flexibility index (Phi) is 2.89. The summed E-state index contributed by atoms with van der Waals surface area (Å²) in [6.45, 7) is 4.05. The van der Waals surface area contributed by atoms with Crippen LogP contribution in [-0.2, 0) is 0 Å². The van der Waals surface area contributed by atoms with Crippen molar-refractivity contribution in [2.75, 3.05) is 14.1 Å². The van der Waals surface area contributed by atoms with Crippen LogP contribution in [0.1, 0.15) is 13.8 Å². The van der Waals surface area contributed by atoms with Gasteiger partial charge in [-0.1, -0.05) is 5.92 Å². The summed E-state index contributed by atoms with van der Waals surface area (Å²) in [5.74, 6) is 2.52. The van der Waals surface area contributed by atoms with E-state index < -0.39 is 0 Å². The lowest BCUT2D eigenvalue weighted by molar-refractivity contribution is 0.181. The molecule has 0 saturated heterocycles. The van der Waals surface area contributed by atoms with Crippen LogP contribution in [0.15, 0.2) is 0 Å². The summed E-state index contributed by atoms with van der Waals surface area (Å²) in [7, 11) is 3.94. The minimum Gasteiger partial charge on any atom is -0.316 e. The molecule has 0 aliphatic heterocycles. The van der Waals surface area contributed by atoms with E-state index in [1.165, 1.54) is 0 Å². The quantitative estimate of drug-likeness (QED) is 0.558. The molecular weight excluding hydrogens is 124 g/mol. The molecule has 2 heteroatoms. The molecule has 0 aliphatic rings. The van der Waals surface area contributed by atoms with Crippen LogP contribution in [0.4, 0.5) is 0 Å². The van der Waals surface area contributed by atoms with Crippen LogP contribution >= 0.6 is 0 Å². The Morgan fingerprint density at radius 2 is 1.90 bits per heavy atom. The van der Waals surface area contributed by atoms with Crippen molar-refractivity contribution in [3.05, 3.63) is 0 Å². The highest BCUT2D eigenvalue weighted by molar-refractivity contribution is 5.08. The molecule has 0 radical (unpaired) electrons. The second-order valence-corrected chi connectivity index (χ2v) is 3.19. The Hall–Kier alpha value is -0.520. The van der Waals surface area contributed by atoms with E-state index in [1.54, 1.807) is 0 Å². The third-order valence-electron chi connectivity index (χ3n) is 2.09. The molecule has 0 rings (SSSR count). The van der Waals surface area contributed by atoms with Crippen molar-refractivity contribution in [3.8, 4) is 12.3 Å². The molecule has 0 bridgehead atoms. The second-order valence-electron chi connectivity index (χ2n) is 3.19. The predicted octanol–water partition coefficient (Wildman–Crippen LogP) is 0.287. The van der Waals surface area contributed by atoms with Gasteiger partial charge in [-0.2, -0.15) is 0 Å². The van der Waals surface area contributed by atoms with Crippen LogP contribution in [0.25, 0.3) is 0 Å². The van der Waals surface area contributed by atoms with Crippen molar-refractivity contribution >= 4 is 0 Å². The molecule has 1 atom stereocenters. The van der Waals surface area contributed by atoms with Gasteiger partial charge in [-0.25, -0.2) is 0 Å². The zero-order valence-electron chi connectivity index (χ0n) is 7.18. The van der Waals surface area contributed by atoms with Gasteiger partial charge in [0.1, 0.15) is 0 Å². The number of rotatable bonds is 2. The van der Waals surface area contributed by atoms with E-state index in [9.17, 15) is 0 Å². The van der Waals surface area contributed by atoms with Crippen molar-refractivity contribution in [3.63, 3.8) is 0 Å². The largest absolute Gasteiger partial charge is 0.316 e. The van der Waals surface area contributed by atoms with Crippen molar-refractivity contribution in [2.45, 2.75) is 25.4 Å². The molecule has 0 fully saturated rings. The lowest BCUT2D eigenvalue weighted by atomic mass is 9.95. The van der Waals surface area contributed by atoms with E-state index in [0.29, 0.717) is 0 Å². The Morgan fingerprint density at radius 3 is 2.00 bits per heavy atom. The summed E-state index contributed by atoms with van der Waals surface area (Å²) in [4.78, 5) is 2.03. The standard InChI is InChI=1S/C8H16N2/c1-6-7(9)8(2,3)10(4)5/h1,7H,9H2,2-5H3. The second kappa shape index (κ2) is 3.05. The molecule has 0 saturated carbocycles. The van der Waals surface area contributed by atoms with Gasteiger partial charge in [0.25, 0.3) is 0 Å². The van der Waals surface area contributed by atoms with Crippen LogP contribution < -0.4 is 5.73 Å². The maximum absolute atomic E-state index is 5.67. The Balaban J connectivity index is 4.27. The third kappa shape index (κ3) is 1.73. The van der Waals surface area contributed by atoms with E-state index in [-0.39, 0.29) is 11.6 Å². The van der Waals surface area contributed by atoms with E-state index in [2.05, 4.69) is 5.92 Å². The summed E-state index contributed by atoms with van der Waals surface area (Å²) in [5.41, 5.74) is 5.56. The first-order chi connectivity index (χ1) is 4.42. The maximum atomic E-state index is 5.67. The van der Waals surface area contributed by atoms with Crippen LogP contribution in [-0.4, -0.2) is 30.6 Å². The first kappa shape index (κ1) is 9.48. The van der Waals surface area contributed by atoms with Gasteiger partial charge in [0.05, 0.1) is 6.04 Å². The third-order valence-corrected chi connectivity index (χ3v) is 2.09. The molecule has 0 aliphatic carbocycles. The fourth-order valence-corrected chi connectivity index (χ4v) is 0.482. The topological polar surface area (TPSA) is 29.3 Å². The van der Waals surface area contributed by atoms with Crippen molar-refractivity contribution < 1.29 is 0 Å². The summed E-state index contributed by atoms with van der Waals surface area (Å²) >= 11 is 0. The number of hydrogen-bond donors (Lipinski definition) is 1. The molecule has 0 amide bonds. The first-order valence-corrected chi connectivity index (χ1v) is 3.32. The normalized spacial score (nSPS) is 14.9. The Bertz CT molecular complexity index is 142. The van der Waals surface area contributed by atoms with Gasteiger partial charge in [0, 0.05) is 5.54 Å². The smallest absolute Gasteiger partial charge is 0.0842 e. The van der Waals surface area contributed by atoms with Gasteiger partial charge in [-0.3, -0.25) is 0 Å². The Morgan fingerprint density at radius 1 is 1.50 bits per heavy atom. The SMILES string of the molecule is C#CC(N)C(C)(C)N(C)C. The number of hydrogen-bond acceptors (Lipinski definition) is 2. The lowest BCUT2D eigenvalue weighted by Gasteiger charge is -2.35. The molecular formula is C8H16N2. The minimum absolute atomic E-state index is 0.116. The van der Waals surface area contributed by atoms with Crippen LogP contribution in [0.2, 0.25) is 0 Å². The van der Waals surface area contributed by atoms with Crippen LogP contribution in [0, 0.1) is 12.3 Å². The molecule has 2 nitrogen and oxygen atoms in total. The van der Waals surface area contributed by atoms with Gasteiger partial charge in [0.2, 0.25) is 0 Å².